The highest BCUT2D eigenvalue weighted by atomic mass is 79.9. The van der Waals surface area contributed by atoms with Crippen LogP contribution >= 0.6 is 27.5 Å². The predicted octanol–water partition coefficient (Wildman–Crippen LogP) is 5.11. The molecule has 1 N–H and O–H groups in total. The summed E-state index contributed by atoms with van der Waals surface area (Å²) in [5, 5.41) is 9.81. The summed E-state index contributed by atoms with van der Waals surface area (Å²) < 4.78 is 7.14. The van der Waals surface area contributed by atoms with Gasteiger partial charge in [-0.05, 0) is 54.6 Å². The second-order valence-corrected chi connectivity index (χ2v) is 7.80. The van der Waals surface area contributed by atoms with Crippen LogP contribution in [-0.2, 0) is 15.3 Å². The molecule has 0 aromatic heterocycles. The highest BCUT2D eigenvalue weighted by molar-refractivity contribution is 9.10. The van der Waals surface area contributed by atoms with E-state index in [9.17, 15) is 4.79 Å². The molecule has 0 radical (unpaired) electrons. The fraction of sp³-hybridized carbons (Fsp3) is 0.0476. The van der Waals surface area contributed by atoms with Crippen molar-refractivity contribution in [3.8, 4) is 0 Å². The van der Waals surface area contributed by atoms with Gasteiger partial charge in [0.05, 0.1) is 16.9 Å². The summed E-state index contributed by atoms with van der Waals surface area (Å²) in [6.45, 7) is 0. The van der Waals surface area contributed by atoms with Crippen molar-refractivity contribution in [3.63, 3.8) is 0 Å². The number of hydrogen-bond donors (Lipinski definition) is 1. The number of rotatable bonds is 2. The van der Waals surface area contributed by atoms with Crippen LogP contribution in [0.1, 0.15) is 11.1 Å². The Morgan fingerprint density at radius 1 is 1.04 bits per heavy atom. The van der Waals surface area contributed by atoms with Gasteiger partial charge in [0.2, 0.25) is 5.90 Å². The first-order chi connectivity index (χ1) is 13.6. The first-order valence-electron chi connectivity index (χ1n) is 8.58. The van der Waals surface area contributed by atoms with Crippen LogP contribution in [0.5, 0.6) is 0 Å². The highest BCUT2D eigenvalue weighted by Gasteiger charge is 2.59. The molecular formula is C21H13BrClN3O2. The van der Waals surface area contributed by atoms with Gasteiger partial charge in [-0.2, -0.15) is 0 Å². The molecule has 28 heavy (non-hydrogen) atoms. The van der Waals surface area contributed by atoms with Crippen molar-refractivity contribution in [2.45, 2.75) is 5.72 Å². The molecule has 2 aliphatic rings. The lowest BCUT2D eigenvalue weighted by molar-refractivity contribution is -0.130. The van der Waals surface area contributed by atoms with E-state index in [4.69, 9.17) is 16.3 Å². The van der Waals surface area contributed by atoms with Gasteiger partial charge in [-0.1, -0.05) is 45.7 Å². The zero-order chi connectivity index (χ0) is 19.3. The van der Waals surface area contributed by atoms with Crippen LogP contribution in [0.15, 0.2) is 82.4 Å². The van der Waals surface area contributed by atoms with E-state index in [-0.39, 0.29) is 5.91 Å². The molecule has 138 valence electrons. The molecule has 1 atom stereocenters. The lowest BCUT2D eigenvalue weighted by atomic mass is 10.0. The summed E-state index contributed by atoms with van der Waals surface area (Å²) in [5.41, 5.74) is 1.43. The van der Waals surface area contributed by atoms with Crippen LogP contribution < -0.4 is 10.3 Å². The van der Waals surface area contributed by atoms with E-state index in [1.807, 2.05) is 60.7 Å². The Kier molecular flexibility index (Phi) is 3.92. The first kappa shape index (κ1) is 17.3. The Balaban J connectivity index is 1.72. The third-order valence-corrected chi connectivity index (χ3v) is 5.47. The third-order valence-electron chi connectivity index (χ3n) is 4.73. The summed E-state index contributed by atoms with van der Waals surface area (Å²) in [6, 6.07) is 22.2. The number of nitrogens with one attached hydrogen (secondary N) is 1. The fourth-order valence-electron chi connectivity index (χ4n) is 3.43. The fourth-order valence-corrected chi connectivity index (χ4v) is 3.92. The summed E-state index contributed by atoms with van der Waals surface area (Å²) in [7, 11) is 0. The number of benzene rings is 3. The number of carbonyl (C=O) groups is 1. The van der Waals surface area contributed by atoms with E-state index >= 15 is 0 Å². The third kappa shape index (κ3) is 2.52. The number of carbonyl (C=O) groups excluding carboxylic acids is 1. The van der Waals surface area contributed by atoms with Crippen molar-refractivity contribution < 1.29 is 9.53 Å². The molecule has 1 amide bonds. The number of anilines is 2. The van der Waals surface area contributed by atoms with E-state index < -0.39 is 5.72 Å². The van der Waals surface area contributed by atoms with Gasteiger partial charge in [-0.3, -0.25) is 4.79 Å². The minimum Gasteiger partial charge on any atom is -0.433 e. The maximum atomic E-state index is 13.2. The average molecular weight is 455 g/mol. The van der Waals surface area contributed by atoms with E-state index in [0.717, 1.165) is 10.0 Å². The maximum absolute atomic E-state index is 13.2. The standard InChI is InChI=1S/C21H13BrClN3O2/c22-14-6-11-18-17(12-14)21(20(27)24-18)26(16-9-7-15(23)8-10-16)25-19(28-21)13-4-2-1-3-5-13/h1-12H,(H,24,27). The van der Waals surface area contributed by atoms with Gasteiger partial charge >= 0.3 is 5.72 Å². The molecule has 0 saturated heterocycles. The second-order valence-electron chi connectivity index (χ2n) is 6.45. The molecule has 2 aliphatic heterocycles. The molecular weight excluding hydrogens is 442 g/mol. The zero-order valence-corrected chi connectivity index (χ0v) is 16.7. The van der Waals surface area contributed by atoms with E-state index in [1.54, 1.807) is 17.1 Å². The van der Waals surface area contributed by atoms with Gasteiger partial charge < -0.3 is 10.1 Å². The Bertz CT molecular complexity index is 1120. The van der Waals surface area contributed by atoms with Crippen molar-refractivity contribution >= 4 is 50.7 Å². The first-order valence-corrected chi connectivity index (χ1v) is 9.75. The van der Waals surface area contributed by atoms with Crippen LogP contribution in [-0.4, -0.2) is 11.8 Å². The summed E-state index contributed by atoms with van der Waals surface area (Å²) in [4.78, 5) is 13.2. The number of amides is 1. The van der Waals surface area contributed by atoms with Crippen LogP contribution in [0.4, 0.5) is 11.4 Å². The second kappa shape index (κ2) is 6.36. The molecule has 3 aromatic rings. The number of halogens is 2. The normalized spacial score (nSPS) is 20.0. The average Bonchev–Trinajstić information content (AvgIpc) is 3.24. The Morgan fingerprint density at radius 3 is 2.54 bits per heavy atom. The zero-order valence-electron chi connectivity index (χ0n) is 14.4. The van der Waals surface area contributed by atoms with Crippen molar-refractivity contribution in [2.24, 2.45) is 5.10 Å². The van der Waals surface area contributed by atoms with Crippen molar-refractivity contribution in [3.05, 3.63) is 93.4 Å². The number of hydrogen-bond acceptors (Lipinski definition) is 4. The molecule has 2 heterocycles. The van der Waals surface area contributed by atoms with Crippen molar-refractivity contribution in [1.29, 1.82) is 0 Å². The lowest BCUT2D eigenvalue weighted by Gasteiger charge is -2.30. The van der Waals surface area contributed by atoms with Crippen LogP contribution in [0.2, 0.25) is 5.02 Å². The molecule has 5 nitrogen and oxygen atoms in total. The Hall–Kier alpha value is -2.83. The number of fused-ring (bicyclic) bond motifs is 2. The van der Waals surface area contributed by atoms with Gasteiger partial charge in [0, 0.05) is 15.1 Å². The quantitative estimate of drug-likeness (QED) is 0.586. The lowest BCUT2D eigenvalue weighted by Crippen LogP contribution is -2.47. The van der Waals surface area contributed by atoms with Gasteiger partial charge in [0.1, 0.15) is 0 Å². The van der Waals surface area contributed by atoms with Gasteiger partial charge in [0.15, 0.2) is 0 Å². The molecule has 0 fully saturated rings. The molecule has 3 aromatic carbocycles. The minimum absolute atomic E-state index is 0.301. The topological polar surface area (TPSA) is 53.9 Å². The van der Waals surface area contributed by atoms with E-state index in [0.29, 0.717) is 27.9 Å². The summed E-state index contributed by atoms with van der Waals surface area (Å²) >= 11 is 9.55. The molecule has 1 spiro atoms. The van der Waals surface area contributed by atoms with Gasteiger partial charge in [0.25, 0.3) is 5.91 Å². The maximum Gasteiger partial charge on any atom is 0.311 e. The highest BCUT2D eigenvalue weighted by Crippen LogP contribution is 2.48. The Morgan fingerprint density at radius 2 is 1.79 bits per heavy atom. The van der Waals surface area contributed by atoms with Crippen LogP contribution in [0, 0.1) is 0 Å². The molecule has 0 bridgehead atoms. The van der Waals surface area contributed by atoms with Crippen molar-refractivity contribution in [2.75, 3.05) is 10.3 Å². The van der Waals surface area contributed by atoms with E-state index in [1.165, 1.54) is 0 Å². The SMILES string of the molecule is O=C1Nc2ccc(Br)cc2C12OC(c1ccccc1)=NN2c1ccc(Cl)cc1. The van der Waals surface area contributed by atoms with Crippen molar-refractivity contribution in [1.82, 2.24) is 0 Å². The molecule has 5 rings (SSSR count). The molecule has 1 unspecified atom stereocenters. The number of hydrazone groups is 1. The van der Waals surface area contributed by atoms with Gasteiger partial charge in [-0.15, -0.1) is 5.10 Å². The van der Waals surface area contributed by atoms with E-state index in [2.05, 4.69) is 26.3 Å². The molecule has 0 aliphatic carbocycles. The smallest absolute Gasteiger partial charge is 0.311 e. The number of ether oxygens (including phenoxy) is 1. The minimum atomic E-state index is -1.43. The molecule has 0 saturated carbocycles. The summed E-state index contributed by atoms with van der Waals surface area (Å²) in [5.74, 6) is 0.0729. The predicted molar refractivity (Wildman–Crippen MR) is 112 cm³/mol. The van der Waals surface area contributed by atoms with Gasteiger partial charge in [-0.25, -0.2) is 5.01 Å². The largest absolute Gasteiger partial charge is 0.433 e. The summed E-state index contributed by atoms with van der Waals surface area (Å²) in [6.07, 6.45) is 0. The molecule has 7 heteroatoms. The number of nitrogens with zero attached hydrogens (tertiary/aromatic N) is 2. The van der Waals surface area contributed by atoms with Crippen LogP contribution in [0.25, 0.3) is 0 Å². The monoisotopic (exact) mass is 453 g/mol. The Labute approximate surface area is 174 Å². The van der Waals surface area contributed by atoms with Crippen LogP contribution in [0.3, 0.4) is 0 Å².